The summed E-state index contributed by atoms with van der Waals surface area (Å²) in [5.74, 6) is 0. The molecule has 6 heteroatoms. The van der Waals surface area contributed by atoms with Crippen molar-refractivity contribution in [1.82, 2.24) is 30.9 Å². The third-order valence-corrected chi connectivity index (χ3v) is 8.27. The smallest absolute Gasteiger partial charge is 0.0459 e. The van der Waals surface area contributed by atoms with Crippen molar-refractivity contribution >= 4 is 32.7 Å². The molecule has 39 heavy (non-hydrogen) atoms. The molecular formula is C33H36N6. The zero-order chi connectivity index (χ0) is 26.0. The molecule has 3 aliphatic heterocycles. The van der Waals surface area contributed by atoms with E-state index in [1.807, 2.05) is 0 Å². The quantitative estimate of drug-likeness (QED) is 0.163. The highest BCUT2D eigenvalue weighted by molar-refractivity contribution is 5.86. The highest BCUT2D eigenvalue weighted by Crippen LogP contribution is 2.26. The largest absolute Gasteiger partial charge is 0.357 e. The minimum atomic E-state index is 0.990. The zero-order valence-corrected chi connectivity index (χ0v) is 22.3. The SMILES string of the molecule is c1ccc2c3c([nH]c2c1)CNCC3.c1ccc2c3c([nH]c2c1)CNCC3.c1ccc2c3c([nH]c2c1)CNCC3. The number of nitrogens with one attached hydrogen (secondary N) is 6. The van der Waals surface area contributed by atoms with Gasteiger partial charge in [-0.05, 0) is 73.8 Å². The second-order valence-corrected chi connectivity index (χ2v) is 10.7. The Morgan fingerprint density at radius 2 is 0.692 bits per heavy atom. The molecule has 0 aliphatic carbocycles. The lowest BCUT2D eigenvalue weighted by Gasteiger charge is -2.12. The monoisotopic (exact) mass is 516 g/mol. The van der Waals surface area contributed by atoms with Gasteiger partial charge in [-0.15, -0.1) is 0 Å². The molecule has 0 saturated carbocycles. The van der Waals surface area contributed by atoms with Gasteiger partial charge in [-0.3, -0.25) is 0 Å². The van der Waals surface area contributed by atoms with Crippen molar-refractivity contribution < 1.29 is 0 Å². The van der Waals surface area contributed by atoms with Crippen LogP contribution < -0.4 is 16.0 Å². The Kier molecular flexibility index (Phi) is 6.66. The van der Waals surface area contributed by atoms with Crippen LogP contribution in [0.15, 0.2) is 72.8 Å². The van der Waals surface area contributed by atoms with E-state index < -0.39 is 0 Å². The van der Waals surface area contributed by atoms with Crippen LogP contribution in [0.5, 0.6) is 0 Å². The first-order chi connectivity index (χ1) is 19.3. The number of hydrogen-bond acceptors (Lipinski definition) is 3. The lowest BCUT2D eigenvalue weighted by Crippen LogP contribution is -2.22. The van der Waals surface area contributed by atoms with Crippen molar-refractivity contribution in [3.8, 4) is 0 Å². The molecule has 6 nitrogen and oxygen atoms in total. The number of hydrogen-bond donors (Lipinski definition) is 6. The number of benzene rings is 3. The maximum atomic E-state index is 3.45. The van der Waals surface area contributed by atoms with E-state index in [-0.39, 0.29) is 0 Å². The van der Waals surface area contributed by atoms with Crippen molar-refractivity contribution in [3.05, 3.63) is 107 Å². The normalized spacial score (nSPS) is 16.0. The van der Waals surface area contributed by atoms with Crippen LogP contribution in [0.1, 0.15) is 33.8 Å². The van der Waals surface area contributed by atoms with Crippen LogP contribution in [-0.4, -0.2) is 34.6 Å². The summed E-state index contributed by atoms with van der Waals surface area (Å²) >= 11 is 0. The van der Waals surface area contributed by atoms with Gasteiger partial charge in [0, 0.05) is 69.4 Å². The molecule has 0 saturated heterocycles. The summed E-state index contributed by atoms with van der Waals surface area (Å²) in [7, 11) is 0. The van der Waals surface area contributed by atoms with Crippen molar-refractivity contribution in [2.45, 2.75) is 38.9 Å². The van der Waals surface area contributed by atoms with Crippen LogP contribution in [0.25, 0.3) is 32.7 Å². The molecule has 0 bridgehead atoms. The van der Waals surface area contributed by atoms with Crippen LogP contribution in [0.2, 0.25) is 0 Å². The lowest BCUT2D eigenvalue weighted by atomic mass is 10.1. The van der Waals surface area contributed by atoms with Gasteiger partial charge in [0.05, 0.1) is 0 Å². The number of H-pyrrole nitrogens is 3. The summed E-state index contributed by atoms with van der Waals surface area (Å²) < 4.78 is 0. The van der Waals surface area contributed by atoms with Gasteiger partial charge in [0.25, 0.3) is 0 Å². The summed E-state index contributed by atoms with van der Waals surface area (Å²) in [6.45, 7) is 6.29. The van der Waals surface area contributed by atoms with E-state index in [0.717, 1.165) is 58.5 Å². The third-order valence-electron chi connectivity index (χ3n) is 8.27. The Morgan fingerprint density at radius 1 is 0.385 bits per heavy atom. The number of aromatic nitrogens is 3. The number of para-hydroxylation sites is 3. The molecule has 3 aromatic heterocycles. The van der Waals surface area contributed by atoms with Gasteiger partial charge < -0.3 is 30.9 Å². The number of fused-ring (bicyclic) bond motifs is 9. The zero-order valence-electron chi connectivity index (χ0n) is 22.3. The van der Waals surface area contributed by atoms with Gasteiger partial charge in [0.1, 0.15) is 0 Å². The molecule has 6 heterocycles. The fraction of sp³-hybridized carbons (Fsp3) is 0.273. The number of aromatic amines is 3. The first-order valence-electron chi connectivity index (χ1n) is 14.2. The minimum absolute atomic E-state index is 0.990. The summed E-state index contributed by atoms with van der Waals surface area (Å²) in [4.78, 5) is 10.4. The van der Waals surface area contributed by atoms with E-state index >= 15 is 0 Å². The van der Waals surface area contributed by atoms with E-state index in [9.17, 15) is 0 Å². The molecule has 0 fully saturated rings. The molecule has 3 aromatic carbocycles. The van der Waals surface area contributed by atoms with Crippen LogP contribution in [0, 0.1) is 0 Å². The van der Waals surface area contributed by atoms with Gasteiger partial charge >= 0.3 is 0 Å². The van der Waals surface area contributed by atoms with Crippen molar-refractivity contribution in [2.75, 3.05) is 19.6 Å². The third kappa shape index (κ3) is 4.76. The second-order valence-electron chi connectivity index (χ2n) is 10.7. The molecule has 6 aromatic rings. The summed E-state index contributed by atoms with van der Waals surface area (Å²) in [5, 5.41) is 14.3. The molecule has 6 N–H and O–H groups in total. The molecule has 198 valence electrons. The van der Waals surface area contributed by atoms with E-state index in [0.29, 0.717) is 0 Å². The lowest BCUT2D eigenvalue weighted by molar-refractivity contribution is 0.637. The molecule has 0 spiro atoms. The number of rotatable bonds is 0. The summed E-state index contributed by atoms with van der Waals surface area (Å²) in [6, 6.07) is 25.6. The highest BCUT2D eigenvalue weighted by Gasteiger charge is 2.15. The molecule has 0 radical (unpaired) electrons. The first-order valence-corrected chi connectivity index (χ1v) is 14.2. The Labute approximate surface area is 228 Å². The van der Waals surface area contributed by atoms with Crippen molar-refractivity contribution in [3.63, 3.8) is 0 Å². The average Bonchev–Trinajstić information content (AvgIpc) is 3.69. The van der Waals surface area contributed by atoms with Crippen LogP contribution in [0.4, 0.5) is 0 Å². The van der Waals surface area contributed by atoms with Crippen molar-refractivity contribution in [1.29, 1.82) is 0 Å². The topological polar surface area (TPSA) is 83.5 Å². The highest BCUT2D eigenvalue weighted by atomic mass is 14.9. The Balaban J connectivity index is 0.0000000974. The van der Waals surface area contributed by atoms with E-state index in [1.54, 1.807) is 0 Å². The minimum Gasteiger partial charge on any atom is -0.357 e. The Bertz CT molecular complexity index is 1530. The molecule has 9 rings (SSSR count). The predicted octanol–water partition coefficient (Wildman–Crippen LogP) is 5.44. The van der Waals surface area contributed by atoms with Gasteiger partial charge in [0.15, 0.2) is 0 Å². The maximum Gasteiger partial charge on any atom is 0.0459 e. The fourth-order valence-corrected chi connectivity index (χ4v) is 6.36. The van der Waals surface area contributed by atoms with Gasteiger partial charge in [-0.2, -0.15) is 0 Å². The van der Waals surface area contributed by atoms with E-state index in [2.05, 4.69) is 104 Å². The average molecular weight is 517 g/mol. The molecule has 0 unspecified atom stereocenters. The first kappa shape index (κ1) is 24.2. The standard InChI is InChI=1S/3C11H12N2/c3*1-2-4-10-8(3-1)9-5-6-12-7-11(9)13-10/h3*1-4,12-13H,5-7H2. The van der Waals surface area contributed by atoms with Gasteiger partial charge in [0.2, 0.25) is 0 Å². The predicted molar refractivity (Wildman–Crippen MR) is 161 cm³/mol. The molecule has 0 atom stereocenters. The molecule has 0 amide bonds. The fourth-order valence-electron chi connectivity index (χ4n) is 6.36. The Morgan fingerprint density at radius 3 is 1.03 bits per heavy atom. The van der Waals surface area contributed by atoms with Crippen LogP contribution in [-0.2, 0) is 38.9 Å². The Hall–Kier alpha value is -3.84. The molecule has 3 aliphatic rings. The van der Waals surface area contributed by atoms with Crippen LogP contribution in [0.3, 0.4) is 0 Å². The summed E-state index contributed by atoms with van der Waals surface area (Å²) in [5.41, 5.74) is 12.5. The van der Waals surface area contributed by atoms with E-state index in [1.165, 1.54) is 66.5 Å². The van der Waals surface area contributed by atoms with Gasteiger partial charge in [-0.25, -0.2) is 0 Å². The van der Waals surface area contributed by atoms with Gasteiger partial charge in [-0.1, -0.05) is 54.6 Å². The van der Waals surface area contributed by atoms with Crippen molar-refractivity contribution in [2.24, 2.45) is 0 Å². The van der Waals surface area contributed by atoms with Crippen LogP contribution >= 0.6 is 0 Å². The molecular weight excluding hydrogens is 480 g/mol. The maximum absolute atomic E-state index is 3.45. The van der Waals surface area contributed by atoms with E-state index in [4.69, 9.17) is 0 Å². The second kappa shape index (κ2) is 10.7. The summed E-state index contributed by atoms with van der Waals surface area (Å²) in [6.07, 6.45) is 3.46.